The van der Waals surface area contributed by atoms with E-state index in [1.807, 2.05) is 6.08 Å². The van der Waals surface area contributed by atoms with E-state index in [4.69, 9.17) is 4.18 Å². The normalized spacial score (nSPS) is 16.2. The summed E-state index contributed by atoms with van der Waals surface area (Å²) in [5.74, 6) is 1.38. The topological polar surface area (TPSA) is 26.3 Å². The fourth-order valence-electron chi connectivity index (χ4n) is 1.03. The van der Waals surface area contributed by atoms with Crippen molar-refractivity contribution in [1.82, 2.24) is 0 Å². The molecule has 17 heavy (non-hydrogen) atoms. The van der Waals surface area contributed by atoms with Gasteiger partial charge in [0, 0.05) is 17.1 Å². The summed E-state index contributed by atoms with van der Waals surface area (Å²) in [7, 11) is 0. The van der Waals surface area contributed by atoms with Crippen LogP contribution in [0.15, 0.2) is 47.4 Å². The smallest absolute Gasteiger partial charge is 0.345 e. The zero-order valence-electron chi connectivity index (χ0n) is 9.85. The van der Waals surface area contributed by atoms with E-state index in [1.165, 1.54) is 17.6 Å². The minimum absolute atomic E-state index is 0.335. The van der Waals surface area contributed by atoms with E-state index >= 15 is 0 Å². The summed E-state index contributed by atoms with van der Waals surface area (Å²) in [6, 6.07) is 0. The van der Waals surface area contributed by atoms with Crippen LogP contribution < -0.4 is 0 Å². The third-order valence-corrected chi connectivity index (χ3v) is 3.72. The van der Waals surface area contributed by atoms with E-state index in [1.54, 1.807) is 18.7 Å². The van der Waals surface area contributed by atoms with Crippen LogP contribution in [0, 0.1) is 0 Å². The maximum atomic E-state index is 11.0. The van der Waals surface area contributed by atoms with Crippen molar-refractivity contribution in [2.24, 2.45) is 0 Å². The van der Waals surface area contributed by atoms with Crippen LogP contribution >= 0.6 is 23.8 Å². The van der Waals surface area contributed by atoms with Gasteiger partial charge in [-0.3, -0.25) is 0 Å². The van der Waals surface area contributed by atoms with Gasteiger partial charge in [0.15, 0.2) is 0 Å². The molecule has 0 atom stereocenters. The van der Waals surface area contributed by atoms with E-state index in [0.717, 1.165) is 17.9 Å². The Morgan fingerprint density at radius 3 is 3.00 bits per heavy atom. The van der Waals surface area contributed by atoms with Crippen molar-refractivity contribution in [3.63, 3.8) is 0 Å². The SMILES string of the molecule is C=C(C)C(=O)OSCCSC=C1C=CC=CC1. The van der Waals surface area contributed by atoms with E-state index in [9.17, 15) is 4.79 Å². The molecule has 0 saturated carbocycles. The molecule has 0 amide bonds. The van der Waals surface area contributed by atoms with Gasteiger partial charge >= 0.3 is 5.97 Å². The molecule has 0 bridgehead atoms. The third-order valence-electron chi connectivity index (χ3n) is 1.91. The summed E-state index contributed by atoms with van der Waals surface area (Å²) >= 11 is 2.92. The number of hydrogen-bond acceptors (Lipinski definition) is 4. The molecule has 0 saturated heterocycles. The Balaban J connectivity index is 2.05. The van der Waals surface area contributed by atoms with Crippen LogP contribution in [0.4, 0.5) is 0 Å². The molecule has 1 aliphatic carbocycles. The molecule has 0 aromatic rings. The number of rotatable bonds is 6. The fourth-order valence-corrected chi connectivity index (χ4v) is 2.53. The molecule has 0 aromatic carbocycles. The van der Waals surface area contributed by atoms with E-state index in [-0.39, 0.29) is 5.97 Å². The van der Waals surface area contributed by atoms with Crippen LogP contribution in [0.3, 0.4) is 0 Å². The molecule has 92 valence electrons. The summed E-state index contributed by atoms with van der Waals surface area (Å²) in [6.07, 6.45) is 9.34. The van der Waals surface area contributed by atoms with Crippen molar-refractivity contribution in [2.75, 3.05) is 11.5 Å². The van der Waals surface area contributed by atoms with Crippen molar-refractivity contribution in [3.8, 4) is 0 Å². The minimum Gasteiger partial charge on any atom is -0.388 e. The standard InChI is InChI=1S/C13H16O2S2/c1-11(2)13(14)15-17-9-8-16-10-12-6-4-3-5-7-12/h3-6,10H,1,7-9H2,2H3. The lowest BCUT2D eigenvalue weighted by Crippen LogP contribution is -1.99. The number of thioether (sulfide) groups is 1. The second-order valence-electron chi connectivity index (χ2n) is 3.53. The number of allylic oxidation sites excluding steroid dienone is 5. The summed E-state index contributed by atoms with van der Waals surface area (Å²) in [4.78, 5) is 11.0. The summed E-state index contributed by atoms with van der Waals surface area (Å²) in [6.45, 7) is 5.16. The molecule has 0 unspecified atom stereocenters. The van der Waals surface area contributed by atoms with Crippen LogP contribution in [0.5, 0.6) is 0 Å². The Hall–Kier alpha value is -0.870. The average molecular weight is 268 g/mol. The third kappa shape index (κ3) is 6.44. The lowest BCUT2D eigenvalue weighted by molar-refractivity contribution is -0.128. The van der Waals surface area contributed by atoms with E-state index in [0.29, 0.717) is 5.57 Å². The number of carbonyl (C=O) groups excluding carboxylic acids is 1. The molecule has 0 aromatic heterocycles. The molecule has 0 N–H and O–H groups in total. The minimum atomic E-state index is -0.335. The largest absolute Gasteiger partial charge is 0.388 e. The Bertz CT molecular complexity index is 368. The lowest BCUT2D eigenvalue weighted by Gasteiger charge is -2.02. The van der Waals surface area contributed by atoms with Crippen LogP contribution in [-0.2, 0) is 8.98 Å². The summed E-state index contributed by atoms with van der Waals surface area (Å²) in [5.41, 5.74) is 1.76. The maximum absolute atomic E-state index is 11.0. The van der Waals surface area contributed by atoms with Gasteiger partial charge in [0.25, 0.3) is 0 Å². The highest BCUT2D eigenvalue weighted by atomic mass is 32.2. The molecule has 1 rings (SSSR count). The first kappa shape index (κ1) is 14.2. The molecule has 1 aliphatic rings. The van der Waals surface area contributed by atoms with E-state index < -0.39 is 0 Å². The Morgan fingerprint density at radius 2 is 2.35 bits per heavy atom. The van der Waals surface area contributed by atoms with Crippen LogP contribution in [-0.4, -0.2) is 17.5 Å². The second-order valence-corrected chi connectivity index (χ2v) is 5.32. The Kier molecular flexibility index (Phi) is 6.89. The molecule has 0 heterocycles. The van der Waals surface area contributed by atoms with Gasteiger partial charge < -0.3 is 4.18 Å². The molecular formula is C13H16O2S2. The molecule has 0 aliphatic heterocycles. The van der Waals surface area contributed by atoms with E-state index in [2.05, 4.69) is 30.2 Å². The van der Waals surface area contributed by atoms with Crippen LogP contribution in [0.2, 0.25) is 0 Å². The van der Waals surface area contributed by atoms with Gasteiger partial charge in [-0.25, -0.2) is 4.79 Å². The van der Waals surface area contributed by atoms with Crippen molar-refractivity contribution in [1.29, 1.82) is 0 Å². The highest BCUT2D eigenvalue weighted by Crippen LogP contribution is 2.17. The maximum Gasteiger partial charge on any atom is 0.345 e. The predicted molar refractivity (Wildman–Crippen MR) is 76.8 cm³/mol. The van der Waals surface area contributed by atoms with Gasteiger partial charge in [0.05, 0.1) is 12.0 Å². The fraction of sp³-hybridized carbons (Fsp3) is 0.308. The quantitative estimate of drug-likeness (QED) is 0.415. The molecule has 4 heteroatoms. The summed E-state index contributed by atoms with van der Waals surface area (Å²) < 4.78 is 4.91. The highest BCUT2D eigenvalue weighted by Gasteiger charge is 2.02. The first-order valence-electron chi connectivity index (χ1n) is 5.33. The first-order chi connectivity index (χ1) is 8.20. The summed E-state index contributed by atoms with van der Waals surface area (Å²) in [5, 5.41) is 2.15. The van der Waals surface area contributed by atoms with Gasteiger partial charge in [-0.1, -0.05) is 30.9 Å². The van der Waals surface area contributed by atoms with Crippen molar-refractivity contribution < 1.29 is 8.98 Å². The number of hydrogen-bond donors (Lipinski definition) is 0. The van der Waals surface area contributed by atoms with Crippen LogP contribution in [0.25, 0.3) is 0 Å². The van der Waals surface area contributed by atoms with Gasteiger partial charge in [-0.2, -0.15) is 0 Å². The highest BCUT2D eigenvalue weighted by molar-refractivity contribution is 8.03. The zero-order valence-corrected chi connectivity index (χ0v) is 11.5. The molecule has 2 nitrogen and oxygen atoms in total. The van der Waals surface area contributed by atoms with Gasteiger partial charge in [-0.05, 0) is 24.3 Å². The first-order valence-corrected chi connectivity index (χ1v) is 7.29. The molecular weight excluding hydrogens is 252 g/mol. The van der Waals surface area contributed by atoms with Gasteiger partial charge in [-0.15, -0.1) is 11.8 Å². The van der Waals surface area contributed by atoms with Crippen LogP contribution in [0.1, 0.15) is 13.3 Å². The molecule has 0 radical (unpaired) electrons. The van der Waals surface area contributed by atoms with Crippen molar-refractivity contribution in [2.45, 2.75) is 13.3 Å². The number of carbonyl (C=O) groups is 1. The second kappa shape index (κ2) is 8.25. The molecule has 0 spiro atoms. The zero-order chi connectivity index (χ0) is 12.5. The van der Waals surface area contributed by atoms with Crippen molar-refractivity contribution >= 4 is 29.8 Å². The Morgan fingerprint density at radius 1 is 1.53 bits per heavy atom. The van der Waals surface area contributed by atoms with Crippen molar-refractivity contribution in [3.05, 3.63) is 47.4 Å². The lowest BCUT2D eigenvalue weighted by atomic mass is 10.1. The molecule has 0 fully saturated rings. The van der Waals surface area contributed by atoms with Gasteiger partial charge in [0.2, 0.25) is 0 Å². The predicted octanol–water partition coefficient (Wildman–Crippen LogP) is 3.89. The Labute approximate surface area is 111 Å². The monoisotopic (exact) mass is 268 g/mol. The van der Waals surface area contributed by atoms with Gasteiger partial charge in [0.1, 0.15) is 0 Å². The average Bonchev–Trinajstić information content (AvgIpc) is 2.34.